The first-order chi connectivity index (χ1) is 14.6. The monoisotopic (exact) mass is 397 g/mol. The van der Waals surface area contributed by atoms with Crippen molar-refractivity contribution in [1.29, 1.82) is 0 Å². The van der Waals surface area contributed by atoms with Crippen LogP contribution in [0.5, 0.6) is 5.75 Å². The lowest BCUT2D eigenvalue weighted by molar-refractivity contribution is 0.228. The van der Waals surface area contributed by atoms with Gasteiger partial charge in [0.1, 0.15) is 17.5 Å². The lowest BCUT2D eigenvalue weighted by Crippen LogP contribution is -2.07. The van der Waals surface area contributed by atoms with Gasteiger partial charge >= 0.3 is 0 Å². The van der Waals surface area contributed by atoms with Crippen molar-refractivity contribution < 1.29 is 4.74 Å². The maximum absolute atomic E-state index is 6.43. The Morgan fingerprint density at radius 1 is 1.13 bits per heavy atom. The van der Waals surface area contributed by atoms with Gasteiger partial charge in [0.15, 0.2) is 0 Å². The van der Waals surface area contributed by atoms with Gasteiger partial charge in [-0.2, -0.15) is 10.2 Å². The van der Waals surface area contributed by atoms with E-state index in [0.29, 0.717) is 0 Å². The predicted molar refractivity (Wildman–Crippen MR) is 118 cm³/mol. The lowest BCUT2D eigenvalue weighted by Gasteiger charge is -2.20. The van der Waals surface area contributed by atoms with E-state index in [2.05, 4.69) is 52.3 Å². The summed E-state index contributed by atoms with van der Waals surface area (Å²) in [6.45, 7) is 4.27. The third-order valence-electron chi connectivity index (χ3n) is 5.53. The summed E-state index contributed by atoms with van der Waals surface area (Å²) < 4.78 is 8.21. The molecule has 3 aromatic heterocycles. The Morgan fingerprint density at radius 3 is 2.83 bits per heavy atom. The number of aromatic nitrogens is 5. The fraction of sp³-hybridized carbons (Fsp3) is 0.208. The molecule has 0 saturated heterocycles. The van der Waals surface area contributed by atoms with E-state index in [1.165, 1.54) is 11.1 Å². The normalized spacial score (nSPS) is 12.5. The van der Waals surface area contributed by atoms with Gasteiger partial charge in [-0.1, -0.05) is 19.1 Å². The first kappa shape index (κ1) is 18.4. The highest BCUT2D eigenvalue weighted by atomic mass is 16.5. The third kappa shape index (κ3) is 3.10. The molecule has 5 rings (SSSR count). The number of aryl methyl sites for hydroxylation is 2. The summed E-state index contributed by atoms with van der Waals surface area (Å²) in [5.41, 5.74) is 6.29. The molecule has 6 heteroatoms. The molecule has 0 radical (unpaired) electrons. The molecule has 5 aromatic rings. The molecule has 3 heterocycles. The molecule has 0 spiro atoms. The fourth-order valence-corrected chi connectivity index (χ4v) is 4.10. The number of H-pyrrole nitrogens is 1. The third-order valence-corrected chi connectivity index (χ3v) is 5.53. The van der Waals surface area contributed by atoms with Gasteiger partial charge < -0.3 is 4.74 Å². The van der Waals surface area contributed by atoms with Crippen LogP contribution in [0, 0.1) is 0 Å². The summed E-state index contributed by atoms with van der Waals surface area (Å²) in [5, 5.41) is 14.0. The van der Waals surface area contributed by atoms with E-state index in [-0.39, 0.29) is 6.10 Å². The first-order valence-electron chi connectivity index (χ1n) is 10.1. The Hall–Kier alpha value is -3.67. The minimum absolute atomic E-state index is 0.112. The Kier molecular flexibility index (Phi) is 4.47. The number of aromatic amines is 1. The Bertz CT molecular complexity index is 1350. The van der Waals surface area contributed by atoms with E-state index < -0.39 is 0 Å². The molecule has 0 saturated carbocycles. The van der Waals surface area contributed by atoms with Crippen molar-refractivity contribution >= 4 is 21.8 Å². The first-order valence-corrected chi connectivity index (χ1v) is 10.1. The summed E-state index contributed by atoms with van der Waals surface area (Å²) in [4.78, 5) is 4.51. The molecule has 0 aliphatic rings. The molecule has 0 aliphatic heterocycles. The maximum atomic E-state index is 6.43. The molecular weight excluding hydrogens is 374 g/mol. The zero-order valence-corrected chi connectivity index (χ0v) is 17.3. The van der Waals surface area contributed by atoms with Crippen LogP contribution in [0.15, 0.2) is 61.1 Å². The van der Waals surface area contributed by atoms with Gasteiger partial charge in [0.05, 0.1) is 17.2 Å². The standard InChI is InChI=1S/C24H23N5O/c1-4-16-7-9-21-19(6-5-11-25-21)23(16)15(2)30-18-8-10-22-20(12-18)24(28-27-22)17-13-26-29(3)14-17/h5-15H,4H2,1-3H3,(H,27,28). The van der Waals surface area contributed by atoms with Gasteiger partial charge in [0, 0.05) is 41.3 Å². The molecule has 0 amide bonds. The van der Waals surface area contributed by atoms with Crippen molar-refractivity contribution in [2.45, 2.75) is 26.4 Å². The van der Waals surface area contributed by atoms with Crippen molar-refractivity contribution in [1.82, 2.24) is 25.0 Å². The smallest absolute Gasteiger partial charge is 0.122 e. The predicted octanol–water partition coefficient (Wildman–Crippen LogP) is 5.21. The van der Waals surface area contributed by atoms with E-state index in [1.54, 1.807) is 4.68 Å². The minimum atomic E-state index is -0.112. The molecular formula is C24H23N5O. The number of hydrogen-bond donors (Lipinski definition) is 1. The lowest BCUT2D eigenvalue weighted by atomic mass is 9.96. The number of rotatable bonds is 5. The molecule has 150 valence electrons. The van der Waals surface area contributed by atoms with E-state index in [9.17, 15) is 0 Å². The van der Waals surface area contributed by atoms with Crippen molar-refractivity contribution in [3.8, 4) is 17.0 Å². The molecule has 2 aromatic carbocycles. The number of hydrogen-bond acceptors (Lipinski definition) is 4. The molecule has 1 N–H and O–H groups in total. The van der Waals surface area contributed by atoms with Crippen molar-refractivity contribution in [3.05, 3.63) is 72.2 Å². The van der Waals surface area contributed by atoms with Crippen LogP contribution in [0.25, 0.3) is 33.1 Å². The summed E-state index contributed by atoms with van der Waals surface area (Å²) in [5.74, 6) is 0.810. The van der Waals surface area contributed by atoms with Gasteiger partial charge in [-0.25, -0.2) is 0 Å². The number of ether oxygens (including phenoxy) is 1. The largest absolute Gasteiger partial charge is 0.486 e. The van der Waals surface area contributed by atoms with E-state index in [1.807, 2.05) is 49.9 Å². The van der Waals surface area contributed by atoms with Crippen molar-refractivity contribution in [2.75, 3.05) is 0 Å². The highest BCUT2D eigenvalue weighted by Gasteiger charge is 2.17. The van der Waals surface area contributed by atoms with E-state index in [4.69, 9.17) is 4.74 Å². The van der Waals surface area contributed by atoms with E-state index in [0.717, 1.165) is 45.2 Å². The minimum Gasteiger partial charge on any atom is -0.486 e. The number of pyridine rings is 1. The fourth-order valence-electron chi connectivity index (χ4n) is 4.10. The van der Waals surface area contributed by atoms with Gasteiger partial charge in [0.2, 0.25) is 0 Å². The van der Waals surface area contributed by atoms with Crippen LogP contribution in [-0.2, 0) is 13.5 Å². The van der Waals surface area contributed by atoms with Gasteiger partial charge in [-0.15, -0.1) is 0 Å². The second-order valence-electron chi connectivity index (χ2n) is 7.50. The highest BCUT2D eigenvalue weighted by Crippen LogP contribution is 2.33. The average molecular weight is 397 g/mol. The number of fused-ring (bicyclic) bond motifs is 2. The second kappa shape index (κ2) is 7.30. The van der Waals surface area contributed by atoms with Gasteiger partial charge in [0.25, 0.3) is 0 Å². The van der Waals surface area contributed by atoms with Gasteiger partial charge in [-0.05, 0) is 49.2 Å². The molecule has 30 heavy (non-hydrogen) atoms. The van der Waals surface area contributed by atoms with Crippen LogP contribution in [0.3, 0.4) is 0 Å². The molecule has 0 aliphatic carbocycles. The zero-order chi connectivity index (χ0) is 20.7. The Balaban J connectivity index is 1.54. The van der Waals surface area contributed by atoms with E-state index >= 15 is 0 Å². The summed E-state index contributed by atoms with van der Waals surface area (Å²) in [7, 11) is 1.90. The Labute approximate surface area is 174 Å². The Morgan fingerprint density at radius 2 is 2.03 bits per heavy atom. The SMILES string of the molecule is CCc1ccc2ncccc2c1C(C)Oc1ccc2[nH]nc(-c3cnn(C)c3)c2c1. The molecule has 1 atom stereocenters. The molecule has 1 unspecified atom stereocenters. The quantitative estimate of drug-likeness (QED) is 0.442. The van der Waals surface area contributed by atoms with Crippen LogP contribution >= 0.6 is 0 Å². The zero-order valence-electron chi connectivity index (χ0n) is 17.3. The van der Waals surface area contributed by atoms with Gasteiger partial charge in [-0.3, -0.25) is 14.8 Å². The maximum Gasteiger partial charge on any atom is 0.122 e. The van der Waals surface area contributed by atoms with Crippen molar-refractivity contribution in [2.24, 2.45) is 7.05 Å². The summed E-state index contributed by atoms with van der Waals surface area (Å²) in [6.07, 6.45) is 6.44. The summed E-state index contributed by atoms with van der Waals surface area (Å²) in [6, 6.07) is 14.4. The molecule has 0 fully saturated rings. The molecule has 0 bridgehead atoms. The summed E-state index contributed by atoms with van der Waals surface area (Å²) >= 11 is 0. The second-order valence-corrected chi connectivity index (χ2v) is 7.50. The van der Waals surface area contributed by atoms with Crippen LogP contribution < -0.4 is 4.74 Å². The topological polar surface area (TPSA) is 68.6 Å². The van der Waals surface area contributed by atoms with Crippen LogP contribution in [-0.4, -0.2) is 25.0 Å². The van der Waals surface area contributed by atoms with Crippen LogP contribution in [0.4, 0.5) is 0 Å². The number of benzene rings is 2. The van der Waals surface area contributed by atoms with Crippen LogP contribution in [0.2, 0.25) is 0 Å². The van der Waals surface area contributed by atoms with Crippen molar-refractivity contribution in [3.63, 3.8) is 0 Å². The van der Waals surface area contributed by atoms with Crippen LogP contribution in [0.1, 0.15) is 31.1 Å². The highest BCUT2D eigenvalue weighted by molar-refractivity contribution is 5.93. The average Bonchev–Trinajstić information content (AvgIpc) is 3.38. The number of nitrogens with zero attached hydrogens (tertiary/aromatic N) is 4. The molecule has 6 nitrogen and oxygen atoms in total. The number of nitrogens with one attached hydrogen (secondary N) is 1.